The average molecular weight is 260 g/mol. The molecular formula is C14H15FN3O+. The molecule has 3 rings (SSSR count). The van der Waals surface area contributed by atoms with Gasteiger partial charge in [0.05, 0.1) is 18.3 Å². The highest BCUT2D eigenvalue weighted by Crippen LogP contribution is 2.43. The van der Waals surface area contributed by atoms with Gasteiger partial charge in [0.25, 0.3) is 0 Å². The summed E-state index contributed by atoms with van der Waals surface area (Å²) in [6.45, 7) is 1.63. The van der Waals surface area contributed by atoms with Gasteiger partial charge in [0, 0.05) is 25.1 Å². The Morgan fingerprint density at radius 3 is 2.79 bits per heavy atom. The van der Waals surface area contributed by atoms with Gasteiger partial charge in [0.15, 0.2) is 17.7 Å². The molecule has 1 saturated carbocycles. The molecule has 1 aromatic heterocycles. The predicted octanol–water partition coefficient (Wildman–Crippen LogP) is 2.05. The first-order valence-corrected chi connectivity index (χ1v) is 6.31. The number of carbonyl (C=O) groups excluding carboxylic acids is 1. The molecule has 0 spiro atoms. The maximum Gasteiger partial charge on any atom is 0.174 e. The molecule has 19 heavy (non-hydrogen) atoms. The fourth-order valence-electron chi connectivity index (χ4n) is 2.50. The van der Waals surface area contributed by atoms with E-state index in [1.54, 1.807) is 19.2 Å². The molecular weight excluding hydrogens is 245 g/mol. The third-order valence-electron chi connectivity index (χ3n) is 3.80. The smallest absolute Gasteiger partial charge is 0.174 e. The van der Waals surface area contributed by atoms with E-state index in [-0.39, 0.29) is 5.82 Å². The van der Waals surface area contributed by atoms with Crippen molar-refractivity contribution in [1.29, 1.82) is 0 Å². The van der Waals surface area contributed by atoms with E-state index in [4.69, 9.17) is 0 Å². The van der Waals surface area contributed by atoms with Crippen molar-refractivity contribution in [3.8, 4) is 0 Å². The van der Waals surface area contributed by atoms with Crippen LogP contribution in [0.15, 0.2) is 23.4 Å². The second kappa shape index (κ2) is 4.06. The van der Waals surface area contributed by atoms with E-state index >= 15 is 0 Å². The summed E-state index contributed by atoms with van der Waals surface area (Å²) < 4.78 is 14.0. The molecule has 2 aliphatic rings. The second-order valence-electron chi connectivity index (χ2n) is 5.22. The number of hydrogen-bond acceptors (Lipinski definition) is 3. The van der Waals surface area contributed by atoms with Crippen molar-refractivity contribution in [3.63, 3.8) is 0 Å². The molecule has 5 heteroatoms. The van der Waals surface area contributed by atoms with Crippen LogP contribution in [0.2, 0.25) is 0 Å². The average Bonchev–Trinajstić information content (AvgIpc) is 3.18. The van der Waals surface area contributed by atoms with Crippen molar-refractivity contribution in [2.24, 2.45) is 5.10 Å². The molecule has 1 fully saturated rings. The highest BCUT2D eigenvalue weighted by molar-refractivity contribution is 6.35. The number of quaternary nitrogens is 1. The van der Waals surface area contributed by atoms with Crippen LogP contribution < -0.4 is 0 Å². The molecule has 1 aliphatic heterocycles. The Morgan fingerprint density at radius 1 is 1.47 bits per heavy atom. The molecule has 1 aliphatic carbocycles. The number of carbonyl (C=O) groups is 1. The van der Waals surface area contributed by atoms with Gasteiger partial charge in [-0.3, -0.25) is 9.78 Å². The van der Waals surface area contributed by atoms with E-state index in [9.17, 15) is 9.18 Å². The van der Waals surface area contributed by atoms with Crippen molar-refractivity contribution in [2.45, 2.75) is 25.8 Å². The Labute approximate surface area is 110 Å². The molecule has 2 heterocycles. The molecule has 4 nitrogen and oxygen atoms in total. The molecule has 1 unspecified atom stereocenters. The molecule has 0 radical (unpaired) electrons. The van der Waals surface area contributed by atoms with Crippen LogP contribution in [0.25, 0.3) is 5.70 Å². The van der Waals surface area contributed by atoms with Gasteiger partial charge in [-0.1, -0.05) is 5.10 Å². The van der Waals surface area contributed by atoms with Gasteiger partial charge in [-0.25, -0.2) is 4.39 Å². The lowest BCUT2D eigenvalue weighted by atomic mass is 10.1. The predicted molar refractivity (Wildman–Crippen MR) is 69.6 cm³/mol. The SMILES string of the molecule is Cc1ncc(C2=CC(C=O)=N[N+]2(C)C2CC2)cc1F. The van der Waals surface area contributed by atoms with Crippen molar-refractivity contribution in [1.82, 2.24) is 4.98 Å². The summed E-state index contributed by atoms with van der Waals surface area (Å²) in [5.74, 6) is -0.333. The minimum Gasteiger partial charge on any atom is -0.296 e. The molecule has 1 atom stereocenters. The number of hydrogen-bond donors (Lipinski definition) is 0. The Morgan fingerprint density at radius 2 is 2.21 bits per heavy atom. The van der Waals surface area contributed by atoms with E-state index in [1.165, 1.54) is 6.07 Å². The van der Waals surface area contributed by atoms with Crippen LogP contribution in [0, 0.1) is 12.7 Å². The number of rotatable bonds is 3. The minimum atomic E-state index is -0.333. The van der Waals surface area contributed by atoms with Crippen molar-refractivity contribution >= 4 is 17.7 Å². The standard InChI is InChI=1S/C14H15FN3O/c1-9-13(15)5-10(7-16-9)14-6-11(8-19)17-18(14,2)12-3-4-12/h5-8,12H,3-4H2,1-2H3/q+1. The fourth-order valence-corrected chi connectivity index (χ4v) is 2.50. The van der Waals surface area contributed by atoms with Gasteiger partial charge >= 0.3 is 0 Å². The molecule has 98 valence electrons. The maximum atomic E-state index is 13.7. The summed E-state index contributed by atoms with van der Waals surface area (Å²) >= 11 is 0. The first-order chi connectivity index (χ1) is 9.04. The number of pyridine rings is 1. The number of aldehydes is 1. The van der Waals surface area contributed by atoms with Gasteiger partial charge in [-0.2, -0.15) is 4.59 Å². The normalized spacial score (nSPS) is 26.1. The van der Waals surface area contributed by atoms with Crippen LogP contribution in [0.4, 0.5) is 4.39 Å². The van der Waals surface area contributed by atoms with Crippen LogP contribution in [-0.2, 0) is 4.79 Å². The zero-order valence-electron chi connectivity index (χ0n) is 10.9. The summed E-state index contributed by atoms with van der Waals surface area (Å²) in [7, 11) is 1.96. The molecule has 0 saturated heterocycles. The second-order valence-corrected chi connectivity index (χ2v) is 5.22. The lowest BCUT2D eigenvalue weighted by molar-refractivity contribution is -0.855. The van der Waals surface area contributed by atoms with Crippen LogP contribution in [0.5, 0.6) is 0 Å². The monoisotopic (exact) mass is 260 g/mol. The van der Waals surface area contributed by atoms with Crippen LogP contribution in [0.3, 0.4) is 0 Å². The highest BCUT2D eigenvalue weighted by Gasteiger charge is 2.49. The van der Waals surface area contributed by atoms with Crippen molar-refractivity contribution < 1.29 is 13.8 Å². The molecule has 0 aromatic carbocycles. The topological polar surface area (TPSA) is 42.3 Å². The largest absolute Gasteiger partial charge is 0.296 e. The number of halogens is 1. The van der Waals surface area contributed by atoms with Crippen LogP contribution >= 0.6 is 0 Å². The summed E-state index contributed by atoms with van der Waals surface area (Å²) in [6, 6.07) is 1.85. The van der Waals surface area contributed by atoms with E-state index in [2.05, 4.69) is 10.1 Å². The van der Waals surface area contributed by atoms with Crippen LogP contribution in [-0.4, -0.2) is 34.7 Å². The Balaban J connectivity index is 2.07. The first-order valence-electron chi connectivity index (χ1n) is 6.31. The maximum absolute atomic E-state index is 13.7. The Kier molecular flexibility index (Phi) is 2.60. The van der Waals surface area contributed by atoms with Gasteiger partial charge in [-0.15, -0.1) is 0 Å². The van der Waals surface area contributed by atoms with Crippen LogP contribution in [0.1, 0.15) is 24.1 Å². The number of aromatic nitrogens is 1. The minimum absolute atomic E-state index is 0.332. The Bertz CT molecular complexity index is 619. The summed E-state index contributed by atoms with van der Waals surface area (Å²) in [5.41, 5.74) is 2.32. The fraction of sp³-hybridized carbons (Fsp3) is 0.357. The number of aryl methyl sites for hydroxylation is 1. The summed E-state index contributed by atoms with van der Waals surface area (Å²) in [6.07, 6.45) is 6.27. The van der Waals surface area contributed by atoms with Crippen molar-refractivity contribution in [3.05, 3.63) is 35.4 Å². The van der Waals surface area contributed by atoms with E-state index in [0.717, 1.165) is 24.8 Å². The van der Waals surface area contributed by atoms with Gasteiger partial charge < -0.3 is 0 Å². The van der Waals surface area contributed by atoms with E-state index in [1.807, 2.05) is 7.05 Å². The third kappa shape index (κ3) is 1.90. The molecule has 0 N–H and O–H groups in total. The molecule has 0 bridgehead atoms. The van der Waals surface area contributed by atoms with Gasteiger partial charge in [0.1, 0.15) is 11.9 Å². The van der Waals surface area contributed by atoms with E-state index in [0.29, 0.717) is 27.6 Å². The van der Waals surface area contributed by atoms with Gasteiger partial charge in [0.2, 0.25) is 0 Å². The number of allylic oxidation sites excluding steroid dienone is 1. The molecule has 0 amide bonds. The third-order valence-corrected chi connectivity index (χ3v) is 3.80. The highest BCUT2D eigenvalue weighted by atomic mass is 19.1. The Hall–Kier alpha value is -1.88. The summed E-state index contributed by atoms with van der Waals surface area (Å²) in [5, 5.41) is 4.45. The zero-order chi connectivity index (χ0) is 13.6. The molecule has 1 aromatic rings. The lowest BCUT2D eigenvalue weighted by Gasteiger charge is -2.26. The van der Waals surface area contributed by atoms with Crippen molar-refractivity contribution in [2.75, 3.05) is 7.05 Å². The van der Waals surface area contributed by atoms with E-state index < -0.39 is 0 Å². The lowest BCUT2D eigenvalue weighted by Crippen LogP contribution is -2.37. The zero-order valence-corrected chi connectivity index (χ0v) is 10.9. The number of nitrogens with zero attached hydrogens (tertiary/aromatic N) is 3. The summed E-state index contributed by atoms with van der Waals surface area (Å²) in [4.78, 5) is 15.0. The first kappa shape index (κ1) is 12.2. The van der Waals surface area contributed by atoms with Gasteiger partial charge in [-0.05, 0) is 13.0 Å². The quantitative estimate of drug-likeness (QED) is 0.616.